The molecular weight excluding hydrogens is 524 g/mol. The minimum Gasteiger partial charge on any atom is -0.385 e. The molecule has 4 atom stereocenters. The highest BCUT2D eigenvalue weighted by molar-refractivity contribution is 6.11. The number of nitrogens with zero attached hydrogens (tertiary/aromatic N) is 5. The van der Waals surface area contributed by atoms with Gasteiger partial charge in [0.15, 0.2) is 5.82 Å². The van der Waals surface area contributed by atoms with E-state index in [1.54, 1.807) is 17.8 Å². The summed E-state index contributed by atoms with van der Waals surface area (Å²) >= 11 is 0. The maximum absolute atomic E-state index is 17.0. The average Bonchev–Trinajstić information content (AvgIpc) is 3.72. The van der Waals surface area contributed by atoms with Crippen molar-refractivity contribution in [1.29, 1.82) is 0 Å². The van der Waals surface area contributed by atoms with Crippen LogP contribution in [0.3, 0.4) is 0 Å². The molecule has 1 saturated carbocycles. The molecule has 4 aliphatic rings. The fraction of sp³-hybridized carbons (Fsp3) is 0.469. The van der Waals surface area contributed by atoms with Gasteiger partial charge >= 0.3 is 0 Å². The van der Waals surface area contributed by atoms with E-state index in [1.807, 2.05) is 32.2 Å². The van der Waals surface area contributed by atoms with E-state index in [-0.39, 0.29) is 29.5 Å². The lowest BCUT2D eigenvalue weighted by molar-refractivity contribution is 0.0257. The molecule has 2 aromatic carbocycles. The van der Waals surface area contributed by atoms with Crippen molar-refractivity contribution in [3.63, 3.8) is 0 Å². The van der Waals surface area contributed by atoms with Crippen LogP contribution in [0.2, 0.25) is 0 Å². The number of benzene rings is 2. The standard InChI is InChI=1S/C32H35F2N5O2/c1-18-29(38(3)37-36-18)21-15-25-28(35-17-21)23-16-24(33)26(32(2,40)22-9-10-22)27(34)31(23)39(25)30(19-7-5-4-6-8-19)20-11-13-41-14-12-20/h4-8,15-17,20,22,25,28,30,40H,9-14H2,1-3H3/t25?,28?,30-,32?/m1/s1. The second-order valence-electron chi connectivity index (χ2n) is 12.1. The van der Waals surface area contributed by atoms with Gasteiger partial charge in [-0.25, -0.2) is 13.5 Å². The van der Waals surface area contributed by atoms with Crippen LogP contribution in [0.4, 0.5) is 14.5 Å². The Balaban J connectivity index is 1.46. The van der Waals surface area contributed by atoms with Crippen LogP contribution in [0.1, 0.15) is 72.8 Å². The fourth-order valence-electron chi connectivity index (χ4n) is 7.30. The Hall–Kier alpha value is -3.43. The van der Waals surface area contributed by atoms with Gasteiger partial charge in [0.1, 0.15) is 11.9 Å². The second kappa shape index (κ2) is 9.84. The van der Waals surface area contributed by atoms with Gasteiger partial charge < -0.3 is 14.7 Å². The zero-order chi connectivity index (χ0) is 28.5. The number of hydrogen-bond donors (Lipinski definition) is 1. The Morgan fingerprint density at radius 1 is 1.10 bits per heavy atom. The van der Waals surface area contributed by atoms with Gasteiger partial charge in [-0.1, -0.05) is 35.5 Å². The fourth-order valence-corrected chi connectivity index (χ4v) is 7.30. The van der Waals surface area contributed by atoms with Gasteiger partial charge in [-0.05, 0) is 69.1 Å². The predicted molar refractivity (Wildman–Crippen MR) is 153 cm³/mol. The molecule has 1 N–H and O–H groups in total. The molecule has 7 rings (SSSR count). The van der Waals surface area contributed by atoms with Gasteiger partial charge in [-0.2, -0.15) is 0 Å². The van der Waals surface area contributed by atoms with E-state index in [0.29, 0.717) is 24.5 Å². The SMILES string of the molecule is Cc1nnn(C)c1C1=CC2C(N=C1)c1cc(F)c(C(C)(O)C3CC3)c(F)c1N2[C@H](c1ccccc1)C1CCOCC1. The summed E-state index contributed by atoms with van der Waals surface area (Å²) < 4.78 is 40.3. The first-order valence-electron chi connectivity index (χ1n) is 14.5. The highest BCUT2D eigenvalue weighted by atomic mass is 19.1. The van der Waals surface area contributed by atoms with Crippen LogP contribution in [-0.4, -0.2) is 45.6 Å². The number of allylic oxidation sites excluding steroid dienone is 1. The first-order chi connectivity index (χ1) is 19.8. The van der Waals surface area contributed by atoms with Crippen LogP contribution in [0.15, 0.2) is 47.5 Å². The molecule has 0 radical (unpaired) electrons. The summed E-state index contributed by atoms with van der Waals surface area (Å²) in [4.78, 5) is 7.05. The number of aryl methyl sites for hydroxylation is 2. The molecule has 3 aromatic rings. The molecule has 1 aliphatic carbocycles. The molecule has 0 amide bonds. The van der Waals surface area contributed by atoms with Crippen LogP contribution in [0.5, 0.6) is 0 Å². The molecule has 0 spiro atoms. The monoisotopic (exact) mass is 559 g/mol. The van der Waals surface area contributed by atoms with Crippen molar-refractivity contribution in [3.8, 4) is 0 Å². The molecule has 9 heteroatoms. The van der Waals surface area contributed by atoms with Crippen molar-refractivity contribution < 1.29 is 18.6 Å². The van der Waals surface area contributed by atoms with Gasteiger partial charge in [0.25, 0.3) is 0 Å². The lowest BCUT2D eigenvalue weighted by Crippen LogP contribution is -2.42. The molecule has 0 bridgehead atoms. The third-order valence-corrected chi connectivity index (χ3v) is 9.47. The first-order valence-corrected chi connectivity index (χ1v) is 14.5. The summed E-state index contributed by atoms with van der Waals surface area (Å²) in [6, 6.07) is 10.5. The first kappa shape index (κ1) is 26.5. The van der Waals surface area contributed by atoms with E-state index in [4.69, 9.17) is 9.73 Å². The van der Waals surface area contributed by atoms with Crippen molar-refractivity contribution in [3.05, 3.63) is 82.2 Å². The number of halogens is 2. The quantitative estimate of drug-likeness (QED) is 0.427. The molecular formula is C32H35F2N5O2. The molecule has 3 aliphatic heterocycles. The lowest BCUT2D eigenvalue weighted by Gasteiger charge is -2.42. The maximum Gasteiger partial charge on any atom is 0.155 e. The van der Waals surface area contributed by atoms with Gasteiger partial charge in [-0.3, -0.25) is 4.99 Å². The minimum absolute atomic E-state index is 0.160. The maximum atomic E-state index is 17.0. The molecule has 7 nitrogen and oxygen atoms in total. The van der Waals surface area contributed by atoms with Crippen molar-refractivity contribution >= 4 is 17.5 Å². The molecule has 3 unspecified atom stereocenters. The van der Waals surface area contributed by atoms with E-state index in [0.717, 1.165) is 48.2 Å². The van der Waals surface area contributed by atoms with E-state index in [1.165, 1.54) is 6.07 Å². The molecule has 41 heavy (non-hydrogen) atoms. The predicted octanol–water partition coefficient (Wildman–Crippen LogP) is 5.58. The topological polar surface area (TPSA) is 75.8 Å². The van der Waals surface area contributed by atoms with Crippen LogP contribution >= 0.6 is 0 Å². The van der Waals surface area contributed by atoms with Crippen molar-refractivity contribution in [2.45, 2.75) is 63.3 Å². The summed E-state index contributed by atoms with van der Waals surface area (Å²) in [5, 5.41) is 19.8. The number of anilines is 1. The Labute approximate surface area is 238 Å². The van der Waals surface area contributed by atoms with Crippen LogP contribution in [-0.2, 0) is 17.4 Å². The van der Waals surface area contributed by atoms with Crippen molar-refractivity contribution in [2.75, 3.05) is 18.1 Å². The van der Waals surface area contributed by atoms with Gasteiger partial charge in [0, 0.05) is 37.6 Å². The van der Waals surface area contributed by atoms with Crippen LogP contribution in [0, 0.1) is 30.4 Å². The third-order valence-electron chi connectivity index (χ3n) is 9.47. The van der Waals surface area contributed by atoms with E-state index in [2.05, 4.69) is 33.4 Å². The molecule has 214 valence electrons. The Morgan fingerprint density at radius 2 is 1.83 bits per heavy atom. The summed E-state index contributed by atoms with van der Waals surface area (Å²) in [6.45, 7) is 4.72. The van der Waals surface area contributed by atoms with Crippen LogP contribution in [0.25, 0.3) is 5.57 Å². The molecule has 2 fully saturated rings. The molecule has 4 heterocycles. The number of dihydropyridines is 1. The Kier molecular flexibility index (Phi) is 6.35. The third kappa shape index (κ3) is 4.24. The Bertz CT molecular complexity index is 1520. The average molecular weight is 560 g/mol. The zero-order valence-corrected chi connectivity index (χ0v) is 23.6. The van der Waals surface area contributed by atoms with Gasteiger partial charge in [-0.15, -0.1) is 5.10 Å². The van der Waals surface area contributed by atoms with Crippen molar-refractivity contribution in [1.82, 2.24) is 15.0 Å². The number of hydrogen-bond acceptors (Lipinski definition) is 6. The lowest BCUT2D eigenvalue weighted by atomic mass is 9.84. The number of ether oxygens (including phenoxy) is 1. The zero-order valence-electron chi connectivity index (χ0n) is 23.6. The summed E-state index contributed by atoms with van der Waals surface area (Å²) in [7, 11) is 1.84. The summed E-state index contributed by atoms with van der Waals surface area (Å²) in [5.41, 5.74) is 2.55. The number of aromatic nitrogens is 3. The molecule has 1 aromatic heterocycles. The summed E-state index contributed by atoms with van der Waals surface area (Å²) in [6.07, 6.45) is 7.03. The summed E-state index contributed by atoms with van der Waals surface area (Å²) in [5.74, 6) is -1.37. The van der Waals surface area contributed by atoms with E-state index < -0.39 is 23.3 Å². The van der Waals surface area contributed by atoms with E-state index in [9.17, 15) is 5.11 Å². The number of fused-ring (bicyclic) bond motifs is 3. The van der Waals surface area contributed by atoms with Crippen molar-refractivity contribution in [2.24, 2.45) is 23.9 Å². The number of aliphatic hydroxyl groups is 1. The number of aliphatic imine (C=N–C) groups is 1. The van der Waals surface area contributed by atoms with Crippen LogP contribution < -0.4 is 4.90 Å². The highest BCUT2D eigenvalue weighted by Crippen LogP contribution is 2.55. The van der Waals surface area contributed by atoms with E-state index >= 15 is 8.78 Å². The smallest absolute Gasteiger partial charge is 0.155 e. The molecule has 1 saturated heterocycles. The van der Waals surface area contributed by atoms with Gasteiger partial charge in [0.2, 0.25) is 0 Å². The Morgan fingerprint density at radius 3 is 2.49 bits per heavy atom. The highest BCUT2D eigenvalue weighted by Gasteiger charge is 2.51. The minimum atomic E-state index is -1.59. The normalized spacial score (nSPS) is 24.5. The second-order valence-corrected chi connectivity index (χ2v) is 12.1. The van der Waals surface area contributed by atoms with Gasteiger partial charge in [0.05, 0.1) is 40.3 Å². The largest absolute Gasteiger partial charge is 0.385 e. The number of rotatable bonds is 6.